The molecule has 0 spiro atoms. The summed E-state index contributed by atoms with van der Waals surface area (Å²) < 4.78 is 28.8. The standard InChI is InChI=1S/C18H14ClN5O3S2/c19-12-1-6-16-21-14(11-24(16)10-12)9-17(25)22-13-2-4-15(5-3-13)29(26,27)23-18-20-7-8-28-18/h1-8,10-11H,9H2,(H,20,23)(H,22,25). The Labute approximate surface area is 175 Å². The van der Waals surface area contributed by atoms with E-state index in [1.165, 1.54) is 41.8 Å². The summed E-state index contributed by atoms with van der Waals surface area (Å²) in [5.41, 5.74) is 1.77. The Morgan fingerprint density at radius 3 is 2.66 bits per heavy atom. The maximum absolute atomic E-state index is 12.3. The fourth-order valence-electron chi connectivity index (χ4n) is 2.64. The number of hydrogen-bond donors (Lipinski definition) is 2. The highest BCUT2D eigenvalue weighted by atomic mass is 35.5. The second-order valence-electron chi connectivity index (χ2n) is 6.04. The molecule has 0 aliphatic rings. The molecule has 0 aliphatic carbocycles. The largest absolute Gasteiger partial charge is 0.326 e. The molecule has 8 nitrogen and oxygen atoms in total. The van der Waals surface area contributed by atoms with Crippen molar-refractivity contribution in [1.82, 2.24) is 14.4 Å². The van der Waals surface area contributed by atoms with Gasteiger partial charge in [0, 0.05) is 29.7 Å². The maximum Gasteiger partial charge on any atom is 0.263 e. The van der Waals surface area contributed by atoms with Crippen LogP contribution in [0.25, 0.3) is 5.65 Å². The first-order valence-electron chi connectivity index (χ1n) is 8.34. The molecule has 0 saturated carbocycles. The van der Waals surface area contributed by atoms with Gasteiger partial charge in [-0.25, -0.2) is 18.4 Å². The molecule has 0 atom stereocenters. The van der Waals surface area contributed by atoms with E-state index in [-0.39, 0.29) is 22.4 Å². The SMILES string of the molecule is O=C(Cc1cn2cc(Cl)ccc2n1)Nc1ccc(S(=O)(=O)Nc2nccs2)cc1. The summed E-state index contributed by atoms with van der Waals surface area (Å²) in [5, 5.41) is 5.27. The fraction of sp³-hybridized carbons (Fsp3) is 0.0556. The highest BCUT2D eigenvalue weighted by Gasteiger charge is 2.16. The van der Waals surface area contributed by atoms with Crippen LogP contribution in [0.4, 0.5) is 10.8 Å². The molecule has 0 unspecified atom stereocenters. The first kappa shape index (κ1) is 19.4. The van der Waals surface area contributed by atoms with Crippen LogP contribution in [0.5, 0.6) is 0 Å². The monoisotopic (exact) mass is 447 g/mol. The summed E-state index contributed by atoms with van der Waals surface area (Å²) in [4.78, 5) is 20.6. The Morgan fingerprint density at radius 2 is 1.93 bits per heavy atom. The number of thiazole rings is 1. The van der Waals surface area contributed by atoms with Gasteiger partial charge < -0.3 is 9.72 Å². The van der Waals surface area contributed by atoms with Gasteiger partial charge in [-0.1, -0.05) is 11.6 Å². The predicted octanol–water partition coefficient (Wildman–Crippen LogP) is 3.43. The lowest BCUT2D eigenvalue weighted by molar-refractivity contribution is -0.115. The molecule has 4 rings (SSSR count). The van der Waals surface area contributed by atoms with E-state index in [1.54, 1.807) is 34.3 Å². The van der Waals surface area contributed by atoms with E-state index in [9.17, 15) is 13.2 Å². The number of halogens is 1. The molecule has 148 valence electrons. The Hall–Kier alpha value is -2.95. The number of carbonyl (C=O) groups is 1. The van der Waals surface area contributed by atoms with Gasteiger partial charge in [0.25, 0.3) is 10.0 Å². The van der Waals surface area contributed by atoms with E-state index >= 15 is 0 Å². The van der Waals surface area contributed by atoms with Gasteiger partial charge in [0.2, 0.25) is 5.91 Å². The van der Waals surface area contributed by atoms with E-state index in [4.69, 9.17) is 11.6 Å². The molecule has 0 bridgehead atoms. The maximum atomic E-state index is 12.3. The Balaban J connectivity index is 1.41. The number of nitrogens with one attached hydrogen (secondary N) is 2. The molecule has 1 amide bonds. The van der Waals surface area contributed by atoms with Crippen molar-refractivity contribution in [2.24, 2.45) is 0 Å². The third-order valence-corrected chi connectivity index (χ3v) is 6.31. The average molecular weight is 448 g/mol. The van der Waals surface area contributed by atoms with Crippen LogP contribution >= 0.6 is 22.9 Å². The summed E-state index contributed by atoms with van der Waals surface area (Å²) >= 11 is 7.13. The third kappa shape index (κ3) is 4.56. The first-order chi connectivity index (χ1) is 13.9. The van der Waals surface area contributed by atoms with Crippen molar-refractivity contribution in [3.05, 3.63) is 71.1 Å². The van der Waals surface area contributed by atoms with Gasteiger partial charge in [0.05, 0.1) is 22.0 Å². The van der Waals surface area contributed by atoms with Crippen LogP contribution in [0.1, 0.15) is 5.69 Å². The lowest BCUT2D eigenvalue weighted by Crippen LogP contribution is -2.15. The lowest BCUT2D eigenvalue weighted by Gasteiger charge is -2.07. The molecule has 0 fully saturated rings. The van der Waals surface area contributed by atoms with Gasteiger partial charge in [0.1, 0.15) is 5.65 Å². The number of amides is 1. The van der Waals surface area contributed by atoms with E-state index in [2.05, 4.69) is 20.0 Å². The van der Waals surface area contributed by atoms with Gasteiger partial charge in [-0.05, 0) is 36.4 Å². The third-order valence-electron chi connectivity index (χ3n) is 3.91. The second-order valence-corrected chi connectivity index (χ2v) is 9.05. The molecular formula is C18H14ClN5O3S2. The van der Waals surface area contributed by atoms with Crippen LogP contribution in [0.15, 0.2) is 65.3 Å². The minimum Gasteiger partial charge on any atom is -0.326 e. The van der Waals surface area contributed by atoms with Crippen LogP contribution in [-0.4, -0.2) is 28.7 Å². The number of pyridine rings is 1. The quantitative estimate of drug-likeness (QED) is 0.471. The summed E-state index contributed by atoms with van der Waals surface area (Å²) in [6, 6.07) is 9.38. The smallest absolute Gasteiger partial charge is 0.263 e. The molecule has 3 heterocycles. The zero-order chi connectivity index (χ0) is 20.4. The number of benzene rings is 1. The van der Waals surface area contributed by atoms with Crippen molar-refractivity contribution in [3.63, 3.8) is 0 Å². The van der Waals surface area contributed by atoms with Crippen LogP contribution in [0, 0.1) is 0 Å². The Bertz CT molecular complexity index is 1270. The van der Waals surface area contributed by atoms with Gasteiger partial charge >= 0.3 is 0 Å². The zero-order valence-electron chi connectivity index (χ0n) is 14.7. The Morgan fingerprint density at radius 1 is 1.14 bits per heavy atom. The van der Waals surface area contributed by atoms with Crippen LogP contribution < -0.4 is 10.0 Å². The molecule has 2 N–H and O–H groups in total. The molecule has 0 aliphatic heterocycles. The van der Waals surface area contributed by atoms with E-state index < -0.39 is 10.0 Å². The number of hydrogen-bond acceptors (Lipinski definition) is 6. The van der Waals surface area contributed by atoms with Crippen molar-refractivity contribution >= 4 is 55.3 Å². The Kier molecular flexibility index (Phi) is 5.22. The van der Waals surface area contributed by atoms with Crippen molar-refractivity contribution < 1.29 is 13.2 Å². The van der Waals surface area contributed by atoms with Crippen molar-refractivity contribution in [1.29, 1.82) is 0 Å². The van der Waals surface area contributed by atoms with E-state index in [0.717, 1.165) is 0 Å². The number of anilines is 2. The number of fused-ring (bicyclic) bond motifs is 1. The van der Waals surface area contributed by atoms with Crippen molar-refractivity contribution in [2.45, 2.75) is 11.3 Å². The zero-order valence-corrected chi connectivity index (χ0v) is 17.1. The number of carbonyl (C=O) groups excluding carboxylic acids is 1. The molecule has 3 aromatic heterocycles. The lowest BCUT2D eigenvalue weighted by atomic mass is 10.3. The molecule has 1 aromatic carbocycles. The normalized spacial score (nSPS) is 11.5. The number of aromatic nitrogens is 3. The van der Waals surface area contributed by atoms with Crippen LogP contribution in [-0.2, 0) is 21.2 Å². The first-order valence-corrected chi connectivity index (χ1v) is 11.1. The van der Waals surface area contributed by atoms with E-state index in [0.29, 0.717) is 22.1 Å². The van der Waals surface area contributed by atoms with Gasteiger partial charge in [-0.3, -0.25) is 9.52 Å². The molecular weight excluding hydrogens is 434 g/mol. The summed E-state index contributed by atoms with van der Waals surface area (Å²) in [6.45, 7) is 0. The number of nitrogens with zero attached hydrogens (tertiary/aromatic N) is 3. The molecule has 4 aromatic rings. The number of imidazole rings is 1. The topological polar surface area (TPSA) is 105 Å². The van der Waals surface area contributed by atoms with Crippen molar-refractivity contribution in [3.8, 4) is 0 Å². The highest BCUT2D eigenvalue weighted by Crippen LogP contribution is 2.20. The van der Waals surface area contributed by atoms with Gasteiger partial charge in [-0.2, -0.15) is 0 Å². The molecule has 11 heteroatoms. The van der Waals surface area contributed by atoms with Crippen molar-refractivity contribution in [2.75, 3.05) is 10.0 Å². The fourth-order valence-corrected chi connectivity index (χ4v) is 4.59. The highest BCUT2D eigenvalue weighted by molar-refractivity contribution is 7.93. The van der Waals surface area contributed by atoms with Crippen LogP contribution in [0.2, 0.25) is 5.02 Å². The average Bonchev–Trinajstić information content (AvgIpc) is 3.30. The molecule has 29 heavy (non-hydrogen) atoms. The predicted molar refractivity (Wildman–Crippen MR) is 112 cm³/mol. The number of sulfonamides is 1. The minimum atomic E-state index is -3.73. The summed E-state index contributed by atoms with van der Waals surface area (Å²) in [5.74, 6) is -0.268. The summed E-state index contributed by atoms with van der Waals surface area (Å²) in [7, 11) is -3.73. The van der Waals surface area contributed by atoms with Gasteiger partial charge in [-0.15, -0.1) is 11.3 Å². The van der Waals surface area contributed by atoms with Gasteiger partial charge in [0.15, 0.2) is 5.13 Å². The molecule has 0 radical (unpaired) electrons. The second kappa shape index (κ2) is 7.82. The number of rotatable bonds is 6. The summed E-state index contributed by atoms with van der Waals surface area (Å²) in [6.07, 6.45) is 5.04. The molecule has 0 saturated heterocycles. The minimum absolute atomic E-state index is 0.0722. The van der Waals surface area contributed by atoms with E-state index in [1.807, 2.05) is 0 Å². The van der Waals surface area contributed by atoms with Crippen LogP contribution in [0.3, 0.4) is 0 Å².